The normalized spacial score (nSPS) is 13.1. The Morgan fingerprint density at radius 2 is 0.580 bits per heavy atom. The Morgan fingerprint density at radius 1 is 0.304 bits per heavy atom. The maximum absolute atomic E-state index is 12.8. The lowest BCUT2D eigenvalue weighted by Gasteiger charge is -2.18. The molecule has 0 aliphatic rings. The highest BCUT2D eigenvalue weighted by Gasteiger charge is 2.19. The van der Waals surface area contributed by atoms with E-state index in [1.807, 2.05) is 0 Å². The zero-order chi connectivity index (χ0) is 50.0. The third-order valence-corrected chi connectivity index (χ3v) is 11.1. The van der Waals surface area contributed by atoms with E-state index < -0.39 is 6.10 Å². The fourth-order valence-electron chi connectivity index (χ4n) is 7.03. The highest BCUT2D eigenvalue weighted by atomic mass is 16.6. The van der Waals surface area contributed by atoms with E-state index in [0.29, 0.717) is 19.3 Å². The fourth-order valence-corrected chi connectivity index (χ4v) is 7.03. The van der Waals surface area contributed by atoms with Gasteiger partial charge in [-0.05, 0) is 128 Å². The van der Waals surface area contributed by atoms with Gasteiger partial charge in [0.1, 0.15) is 13.2 Å². The Balaban J connectivity index is 4.55. The van der Waals surface area contributed by atoms with Gasteiger partial charge in [-0.2, -0.15) is 0 Å². The quantitative estimate of drug-likeness (QED) is 0.0262. The molecule has 1 unspecified atom stereocenters. The number of hydrogen-bond acceptors (Lipinski definition) is 6. The van der Waals surface area contributed by atoms with Gasteiger partial charge in [0, 0.05) is 19.3 Å². The minimum Gasteiger partial charge on any atom is -0.462 e. The number of allylic oxidation sites excluding steroid dienone is 22. The van der Waals surface area contributed by atoms with Crippen LogP contribution in [0.3, 0.4) is 0 Å². The molecule has 0 aromatic rings. The van der Waals surface area contributed by atoms with E-state index in [2.05, 4.69) is 154 Å². The van der Waals surface area contributed by atoms with Crippen LogP contribution in [0.25, 0.3) is 0 Å². The highest BCUT2D eigenvalue weighted by Crippen LogP contribution is 2.13. The predicted molar refractivity (Wildman–Crippen MR) is 297 cm³/mol. The minimum absolute atomic E-state index is 0.121. The molecule has 0 amide bonds. The summed E-state index contributed by atoms with van der Waals surface area (Å²) >= 11 is 0. The van der Waals surface area contributed by atoms with Crippen LogP contribution >= 0.6 is 0 Å². The standard InChI is InChI=1S/C63H100O6/c1-4-7-10-13-16-19-22-25-28-30-31-33-35-38-41-44-47-50-53-56-62(65)68-59-60(58-67-61(64)55-52-49-46-43-40-37-34-27-24-21-18-15-12-9-6-3)69-63(66)57-54-51-48-45-42-39-36-32-29-26-23-20-17-14-11-8-5-2/h8-9,11-12,16-21,25-29,34,36,39-40,43,45,48,60H,4-7,10,13-15,22-24,30-33,35,37-38,41-42,44,46-47,49-59H2,1-3H3/b11-8-,12-9-,19-16-,20-17-,21-18-,28-25-,29-26-,34-27-,39-36-,43-40-,48-45-. The Bertz CT molecular complexity index is 1510. The van der Waals surface area contributed by atoms with E-state index in [-0.39, 0.29) is 44.0 Å². The second kappa shape index (κ2) is 56.1. The van der Waals surface area contributed by atoms with Gasteiger partial charge in [-0.1, -0.05) is 212 Å². The van der Waals surface area contributed by atoms with Crippen LogP contribution in [0.1, 0.15) is 226 Å². The number of carbonyl (C=O) groups excluding carboxylic acids is 3. The zero-order valence-corrected chi connectivity index (χ0v) is 44.3. The third kappa shape index (κ3) is 54.4. The molecule has 1 atom stereocenters. The second-order valence-electron chi connectivity index (χ2n) is 17.7. The first-order valence-corrected chi connectivity index (χ1v) is 27.7. The van der Waals surface area contributed by atoms with Crippen molar-refractivity contribution >= 4 is 17.9 Å². The van der Waals surface area contributed by atoms with E-state index in [9.17, 15) is 14.4 Å². The summed E-state index contributed by atoms with van der Waals surface area (Å²) in [7, 11) is 0. The lowest BCUT2D eigenvalue weighted by molar-refractivity contribution is -0.167. The predicted octanol–water partition coefficient (Wildman–Crippen LogP) is 18.6. The van der Waals surface area contributed by atoms with Crippen LogP contribution in [0.15, 0.2) is 134 Å². The average Bonchev–Trinajstić information content (AvgIpc) is 3.35. The van der Waals surface area contributed by atoms with Crippen LogP contribution in [-0.4, -0.2) is 37.2 Å². The summed E-state index contributed by atoms with van der Waals surface area (Å²) < 4.78 is 16.8. The number of carbonyl (C=O) groups is 3. The van der Waals surface area contributed by atoms with Crippen LogP contribution in [0.4, 0.5) is 0 Å². The molecular weight excluding hydrogens is 853 g/mol. The molecule has 0 aliphatic heterocycles. The van der Waals surface area contributed by atoms with Crippen LogP contribution in [0.5, 0.6) is 0 Å². The second-order valence-corrected chi connectivity index (χ2v) is 17.7. The van der Waals surface area contributed by atoms with Gasteiger partial charge in [-0.3, -0.25) is 14.4 Å². The van der Waals surface area contributed by atoms with Crippen molar-refractivity contribution in [2.24, 2.45) is 0 Å². The first-order chi connectivity index (χ1) is 34.0. The smallest absolute Gasteiger partial charge is 0.306 e. The number of unbranched alkanes of at least 4 members (excludes halogenated alkanes) is 15. The number of hydrogen-bond donors (Lipinski definition) is 0. The summed E-state index contributed by atoms with van der Waals surface area (Å²) in [5.41, 5.74) is 0. The minimum atomic E-state index is -0.832. The molecule has 6 heteroatoms. The Labute approximate surface area is 424 Å². The van der Waals surface area contributed by atoms with E-state index >= 15 is 0 Å². The van der Waals surface area contributed by atoms with Crippen LogP contribution in [0.2, 0.25) is 0 Å². The van der Waals surface area contributed by atoms with Crippen LogP contribution < -0.4 is 0 Å². The summed E-state index contributed by atoms with van der Waals surface area (Å²) in [5.74, 6) is -1.03. The van der Waals surface area contributed by atoms with E-state index in [4.69, 9.17) is 14.2 Å². The summed E-state index contributed by atoms with van der Waals surface area (Å²) in [6.45, 7) is 6.29. The highest BCUT2D eigenvalue weighted by molar-refractivity contribution is 5.71. The Kier molecular flexibility index (Phi) is 52.5. The molecule has 388 valence electrons. The lowest BCUT2D eigenvalue weighted by atomic mass is 10.1. The maximum Gasteiger partial charge on any atom is 0.306 e. The van der Waals surface area contributed by atoms with Gasteiger partial charge in [0.15, 0.2) is 6.10 Å². The topological polar surface area (TPSA) is 78.9 Å². The summed E-state index contributed by atoms with van der Waals surface area (Å²) in [6.07, 6.45) is 78.7. The fraction of sp³-hybridized carbons (Fsp3) is 0.603. The molecule has 0 saturated carbocycles. The Morgan fingerprint density at radius 3 is 0.957 bits per heavy atom. The first-order valence-electron chi connectivity index (χ1n) is 27.7. The zero-order valence-electron chi connectivity index (χ0n) is 44.3. The summed E-state index contributed by atoms with van der Waals surface area (Å²) in [4.78, 5) is 38.1. The molecule has 0 spiro atoms. The molecule has 0 aliphatic carbocycles. The molecule has 0 rings (SSSR count). The Hall–Kier alpha value is -4.45. The number of ether oxygens (including phenoxy) is 3. The molecule has 0 saturated heterocycles. The molecule has 69 heavy (non-hydrogen) atoms. The molecule has 0 N–H and O–H groups in total. The largest absolute Gasteiger partial charge is 0.462 e. The van der Waals surface area contributed by atoms with Gasteiger partial charge in [-0.15, -0.1) is 0 Å². The van der Waals surface area contributed by atoms with E-state index in [1.54, 1.807) is 0 Å². The molecule has 0 aromatic heterocycles. The van der Waals surface area contributed by atoms with Crippen molar-refractivity contribution in [2.75, 3.05) is 13.2 Å². The van der Waals surface area contributed by atoms with Gasteiger partial charge in [-0.25, -0.2) is 0 Å². The molecule has 0 aromatic carbocycles. The van der Waals surface area contributed by atoms with E-state index in [1.165, 1.54) is 70.6 Å². The number of rotatable bonds is 48. The van der Waals surface area contributed by atoms with Gasteiger partial charge in [0.05, 0.1) is 0 Å². The molecule has 0 radical (unpaired) electrons. The van der Waals surface area contributed by atoms with Crippen molar-refractivity contribution in [3.05, 3.63) is 134 Å². The lowest BCUT2D eigenvalue weighted by Crippen LogP contribution is -2.30. The maximum atomic E-state index is 12.8. The van der Waals surface area contributed by atoms with Crippen molar-refractivity contribution in [1.82, 2.24) is 0 Å². The van der Waals surface area contributed by atoms with Crippen LogP contribution in [0, 0.1) is 0 Å². The molecule has 6 nitrogen and oxygen atoms in total. The average molecular weight is 953 g/mol. The number of esters is 3. The van der Waals surface area contributed by atoms with Gasteiger partial charge in [0.25, 0.3) is 0 Å². The SMILES string of the molecule is CC/C=C\C/C=C\C/C=C\C/C=C\C/C=C\CCCC(=O)OC(COC(=O)CCCC/C=C\C/C=C\C/C=C\C/C=C\CC)COC(=O)CCCCCCCCCCC/C=C\C/C=C\CCCCC. The monoisotopic (exact) mass is 953 g/mol. The molecule has 0 bridgehead atoms. The molecular formula is C63H100O6. The molecule has 0 heterocycles. The third-order valence-electron chi connectivity index (χ3n) is 11.1. The van der Waals surface area contributed by atoms with Crippen molar-refractivity contribution < 1.29 is 28.6 Å². The van der Waals surface area contributed by atoms with Crippen molar-refractivity contribution in [2.45, 2.75) is 232 Å². The van der Waals surface area contributed by atoms with Gasteiger partial charge >= 0.3 is 17.9 Å². The summed E-state index contributed by atoms with van der Waals surface area (Å²) in [5, 5.41) is 0. The van der Waals surface area contributed by atoms with Crippen LogP contribution in [-0.2, 0) is 28.6 Å². The molecule has 0 fully saturated rings. The van der Waals surface area contributed by atoms with Crippen molar-refractivity contribution in [1.29, 1.82) is 0 Å². The van der Waals surface area contributed by atoms with E-state index in [0.717, 1.165) is 103 Å². The van der Waals surface area contributed by atoms with Crippen molar-refractivity contribution in [3.63, 3.8) is 0 Å². The first kappa shape index (κ1) is 64.5. The van der Waals surface area contributed by atoms with Gasteiger partial charge < -0.3 is 14.2 Å². The summed E-state index contributed by atoms with van der Waals surface area (Å²) in [6, 6.07) is 0. The van der Waals surface area contributed by atoms with Gasteiger partial charge in [0.2, 0.25) is 0 Å². The van der Waals surface area contributed by atoms with Crippen molar-refractivity contribution in [3.8, 4) is 0 Å².